The van der Waals surface area contributed by atoms with E-state index < -0.39 is 0 Å². The van der Waals surface area contributed by atoms with Crippen LogP contribution >= 0.6 is 0 Å². The molecule has 5 nitrogen and oxygen atoms in total. The topological polar surface area (TPSA) is 57.7 Å². The molecule has 122 valence electrons. The number of H-pyrrole nitrogens is 1. The van der Waals surface area contributed by atoms with E-state index in [4.69, 9.17) is 0 Å². The number of aryl methyl sites for hydroxylation is 2. The zero-order valence-electron chi connectivity index (χ0n) is 14.1. The summed E-state index contributed by atoms with van der Waals surface area (Å²) in [4.78, 5) is 11.3. The average Bonchev–Trinajstić information content (AvgIpc) is 3.04. The molecule has 0 saturated heterocycles. The van der Waals surface area contributed by atoms with E-state index >= 15 is 0 Å². The second kappa shape index (κ2) is 6.17. The maximum absolute atomic E-state index is 4.56. The molecule has 1 aromatic carbocycles. The van der Waals surface area contributed by atoms with Crippen molar-refractivity contribution in [2.45, 2.75) is 33.4 Å². The molecule has 0 fully saturated rings. The first-order valence-corrected chi connectivity index (χ1v) is 8.32. The lowest BCUT2D eigenvalue weighted by atomic mass is 10.0. The van der Waals surface area contributed by atoms with Crippen molar-refractivity contribution in [1.29, 1.82) is 0 Å². The third-order valence-electron chi connectivity index (χ3n) is 4.59. The maximum Gasteiger partial charge on any atom is 0.125 e. The summed E-state index contributed by atoms with van der Waals surface area (Å²) in [6.07, 6.45) is 4.90. The van der Waals surface area contributed by atoms with Crippen LogP contribution in [-0.2, 0) is 19.5 Å². The highest BCUT2D eigenvalue weighted by molar-refractivity contribution is 5.62. The van der Waals surface area contributed by atoms with Gasteiger partial charge in [0.1, 0.15) is 5.82 Å². The Morgan fingerprint density at radius 2 is 1.96 bits per heavy atom. The molecule has 0 spiro atoms. The van der Waals surface area contributed by atoms with Gasteiger partial charge in [-0.15, -0.1) is 0 Å². The number of aromatic nitrogens is 4. The molecule has 0 saturated carbocycles. The Bertz CT molecular complexity index is 850. The summed E-state index contributed by atoms with van der Waals surface area (Å²) >= 11 is 0. The molecule has 1 N–H and O–H groups in total. The molecule has 2 aromatic heterocycles. The number of benzene rings is 1. The van der Waals surface area contributed by atoms with Gasteiger partial charge >= 0.3 is 0 Å². The number of aromatic amines is 1. The molecular weight excluding hydrogens is 298 g/mol. The number of nitrogens with zero attached hydrogens (tertiary/aromatic N) is 4. The normalized spacial score (nSPS) is 14.6. The predicted molar refractivity (Wildman–Crippen MR) is 93.3 cm³/mol. The van der Waals surface area contributed by atoms with Crippen LogP contribution in [0.2, 0.25) is 0 Å². The van der Waals surface area contributed by atoms with Crippen LogP contribution in [0.3, 0.4) is 0 Å². The number of rotatable bonds is 3. The molecule has 0 aliphatic carbocycles. The van der Waals surface area contributed by atoms with E-state index in [2.05, 4.69) is 56.3 Å². The molecular formula is C19H21N5. The first-order valence-electron chi connectivity index (χ1n) is 8.32. The van der Waals surface area contributed by atoms with Crippen LogP contribution in [0.1, 0.15) is 28.2 Å². The van der Waals surface area contributed by atoms with Crippen LogP contribution in [0.5, 0.6) is 0 Å². The molecule has 0 bridgehead atoms. The van der Waals surface area contributed by atoms with E-state index in [9.17, 15) is 0 Å². The largest absolute Gasteiger partial charge is 0.294 e. The standard InChI is InChI=1S/C19H21N5/c1-13-3-5-15(6-4-13)19-17(10-21-23-19)12-24-8-7-18-16(11-24)9-20-14(2)22-18/h3-6,9-10H,7-8,11-12H2,1-2H3,(H,21,23). The first kappa shape index (κ1) is 15.0. The Morgan fingerprint density at radius 1 is 1.12 bits per heavy atom. The van der Waals surface area contributed by atoms with E-state index in [0.717, 1.165) is 37.6 Å². The van der Waals surface area contributed by atoms with E-state index in [0.29, 0.717) is 0 Å². The van der Waals surface area contributed by atoms with Crippen molar-refractivity contribution in [3.05, 3.63) is 64.9 Å². The van der Waals surface area contributed by atoms with Gasteiger partial charge in [-0.1, -0.05) is 29.8 Å². The summed E-state index contributed by atoms with van der Waals surface area (Å²) < 4.78 is 0. The van der Waals surface area contributed by atoms with Gasteiger partial charge < -0.3 is 0 Å². The SMILES string of the molecule is Cc1ccc(-c2[nH]ncc2CN2CCc3nc(C)ncc3C2)cc1. The van der Waals surface area contributed by atoms with Crippen LogP contribution in [0.4, 0.5) is 0 Å². The van der Waals surface area contributed by atoms with E-state index in [1.54, 1.807) is 0 Å². The Morgan fingerprint density at radius 3 is 2.79 bits per heavy atom. The lowest BCUT2D eigenvalue weighted by Gasteiger charge is -2.27. The molecule has 1 aliphatic heterocycles. The van der Waals surface area contributed by atoms with Crippen LogP contribution in [0.15, 0.2) is 36.7 Å². The summed E-state index contributed by atoms with van der Waals surface area (Å²) in [5.41, 5.74) is 7.24. The third kappa shape index (κ3) is 2.95. The highest BCUT2D eigenvalue weighted by Gasteiger charge is 2.19. The summed E-state index contributed by atoms with van der Waals surface area (Å²) in [6.45, 7) is 6.85. The van der Waals surface area contributed by atoms with Crippen molar-refractivity contribution in [3.8, 4) is 11.3 Å². The molecule has 0 radical (unpaired) electrons. The van der Waals surface area contributed by atoms with Crippen LogP contribution < -0.4 is 0 Å². The molecule has 0 atom stereocenters. The molecule has 3 aromatic rings. The van der Waals surface area contributed by atoms with Gasteiger partial charge in [0.05, 0.1) is 11.9 Å². The van der Waals surface area contributed by atoms with Gasteiger partial charge in [-0.25, -0.2) is 9.97 Å². The molecule has 1 aliphatic rings. The number of hydrogen-bond donors (Lipinski definition) is 1. The minimum absolute atomic E-state index is 0.860. The first-order chi connectivity index (χ1) is 11.7. The lowest BCUT2D eigenvalue weighted by Crippen LogP contribution is -2.31. The summed E-state index contributed by atoms with van der Waals surface area (Å²) in [5.74, 6) is 0.860. The molecule has 0 amide bonds. The fourth-order valence-electron chi connectivity index (χ4n) is 3.25. The van der Waals surface area contributed by atoms with Crippen molar-refractivity contribution in [3.63, 3.8) is 0 Å². The minimum Gasteiger partial charge on any atom is -0.294 e. The van der Waals surface area contributed by atoms with Gasteiger partial charge in [-0.2, -0.15) is 5.10 Å². The Balaban J connectivity index is 1.54. The number of nitrogens with one attached hydrogen (secondary N) is 1. The summed E-state index contributed by atoms with van der Waals surface area (Å²) in [6, 6.07) is 8.57. The zero-order chi connectivity index (χ0) is 16.5. The van der Waals surface area contributed by atoms with Crippen molar-refractivity contribution in [2.75, 3.05) is 6.54 Å². The number of fused-ring (bicyclic) bond motifs is 1. The van der Waals surface area contributed by atoms with Gasteiger partial charge in [-0.3, -0.25) is 10.00 Å². The van der Waals surface area contributed by atoms with Crippen molar-refractivity contribution < 1.29 is 0 Å². The van der Waals surface area contributed by atoms with Gasteiger partial charge in [0.2, 0.25) is 0 Å². The van der Waals surface area contributed by atoms with Crippen LogP contribution in [-0.4, -0.2) is 31.6 Å². The van der Waals surface area contributed by atoms with Crippen molar-refractivity contribution in [1.82, 2.24) is 25.1 Å². The van der Waals surface area contributed by atoms with Gasteiger partial charge in [0.15, 0.2) is 0 Å². The van der Waals surface area contributed by atoms with Crippen LogP contribution in [0.25, 0.3) is 11.3 Å². The van der Waals surface area contributed by atoms with E-state index in [1.807, 2.05) is 19.3 Å². The molecule has 3 heterocycles. The summed E-state index contributed by atoms with van der Waals surface area (Å²) in [5, 5.41) is 7.42. The Kier molecular flexibility index (Phi) is 3.86. The lowest BCUT2D eigenvalue weighted by molar-refractivity contribution is 0.243. The van der Waals surface area contributed by atoms with Crippen molar-refractivity contribution in [2.24, 2.45) is 0 Å². The molecule has 4 rings (SSSR count). The van der Waals surface area contributed by atoms with Crippen LogP contribution in [0, 0.1) is 13.8 Å². The van der Waals surface area contributed by atoms with E-state index in [-0.39, 0.29) is 0 Å². The minimum atomic E-state index is 0.860. The fraction of sp³-hybridized carbons (Fsp3) is 0.316. The quantitative estimate of drug-likeness (QED) is 0.806. The summed E-state index contributed by atoms with van der Waals surface area (Å²) in [7, 11) is 0. The highest BCUT2D eigenvalue weighted by atomic mass is 15.2. The highest BCUT2D eigenvalue weighted by Crippen LogP contribution is 2.25. The van der Waals surface area contributed by atoms with Crippen molar-refractivity contribution >= 4 is 0 Å². The Labute approximate surface area is 141 Å². The number of hydrogen-bond acceptors (Lipinski definition) is 4. The Hall–Kier alpha value is -2.53. The monoisotopic (exact) mass is 319 g/mol. The zero-order valence-corrected chi connectivity index (χ0v) is 14.1. The second-order valence-corrected chi connectivity index (χ2v) is 6.49. The average molecular weight is 319 g/mol. The van der Waals surface area contributed by atoms with Gasteiger partial charge in [-0.05, 0) is 19.4 Å². The van der Waals surface area contributed by atoms with E-state index in [1.165, 1.54) is 27.9 Å². The second-order valence-electron chi connectivity index (χ2n) is 6.49. The van der Waals surface area contributed by atoms with Gasteiger partial charge in [0, 0.05) is 49.1 Å². The predicted octanol–water partition coefficient (Wildman–Crippen LogP) is 3.04. The third-order valence-corrected chi connectivity index (χ3v) is 4.59. The smallest absolute Gasteiger partial charge is 0.125 e. The fourth-order valence-corrected chi connectivity index (χ4v) is 3.25. The molecule has 0 unspecified atom stereocenters. The maximum atomic E-state index is 4.56. The molecule has 5 heteroatoms. The van der Waals surface area contributed by atoms with Gasteiger partial charge in [0.25, 0.3) is 0 Å². The molecule has 24 heavy (non-hydrogen) atoms.